The third-order valence-electron chi connectivity index (χ3n) is 6.95. The Kier molecular flexibility index (Phi) is 5.21. The Morgan fingerprint density at radius 1 is 0.829 bits per heavy atom. The number of aromatic nitrogens is 3. The Balaban J connectivity index is 1.74. The van der Waals surface area contributed by atoms with Crippen molar-refractivity contribution < 1.29 is 8.98 Å². The zero-order valence-electron chi connectivity index (χ0n) is 22.4. The molecule has 0 unspecified atom stereocenters. The van der Waals surface area contributed by atoms with Crippen molar-refractivity contribution in [2.75, 3.05) is 0 Å². The Bertz CT molecular complexity index is 1530. The molecule has 3 heterocycles. The van der Waals surface area contributed by atoms with Crippen molar-refractivity contribution in [2.24, 2.45) is 14.1 Å². The van der Waals surface area contributed by atoms with Gasteiger partial charge in [0, 0.05) is 33.0 Å². The lowest BCUT2D eigenvalue weighted by Gasteiger charge is -2.25. The average Bonchev–Trinajstić information content (AvgIpc) is 3.31. The summed E-state index contributed by atoms with van der Waals surface area (Å²) in [5.74, 6) is 1.13. The number of aryl methyl sites for hydroxylation is 3. The zero-order chi connectivity index (χ0) is 25.3. The van der Waals surface area contributed by atoms with Gasteiger partial charge in [-0.3, -0.25) is 4.98 Å². The van der Waals surface area contributed by atoms with Crippen molar-refractivity contribution in [1.82, 2.24) is 9.55 Å². The summed E-state index contributed by atoms with van der Waals surface area (Å²) in [6, 6.07) is 15.5. The minimum Gasteiger partial charge on any atom is -0.455 e. The predicted octanol–water partition coefficient (Wildman–Crippen LogP) is 7.38. The van der Waals surface area contributed by atoms with Gasteiger partial charge >= 0.3 is 0 Å². The van der Waals surface area contributed by atoms with Crippen molar-refractivity contribution in [2.45, 2.75) is 59.3 Å². The summed E-state index contributed by atoms with van der Waals surface area (Å²) >= 11 is 0. The Morgan fingerprint density at radius 3 is 2.03 bits per heavy atom. The first-order chi connectivity index (χ1) is 16.3. The van der Waals surface area contributed by atoms with Gasteiger partial charge in [-0.15, -0.1) is 0 Å². The summed E-state index contributed by atoms with van der Waals surface area (Å²) in [4.78, 5) is 5.04. The van der Waals surface area contributed by atoms with Crippen LogP contribution in [0, 0.1) is 6.92 Å². The first-order valence-electron chi connectivity index (χ1n) is 12.4. The van der Waals surface area contributed by atoms with Crippen LogP contribution in [0.1, 0.15) is 58.5 Å². The van der Waals surface area contributed by atoms with Crippen LogP contribution in [0.15, 0.2) is 59.3 Å². The van der Waals surface area contributed by atoms with Crippen LogP contribution >= 0.6 is 0 Å². The van der Waals surface area contributed by atoms with Gasteiger partial charge in [-0.2, -0.15) is 0 Å². The van der Waals surface area contributed by atoms with Crippen LogP contribution in [-0.4, -0.2) is 9.55 Å². The molecule has 0 N–H and O–H groups in total. The van der Waals surface area contributed by atoms with E-state index < -0.39 is 0 Å². The number of nitrogens with zero attached hydrogens (tertiary/aromatic N) is 3. The molecule has 0 saturated heterocycles. The second kappa shape index (κ2) is 7.81. The third-order valence-corrected chi connectivity index (χ3v) is 6.95. The van der Waals surface area contributed by atoms with Crippen LogP contribution < -0.4 is 4.57 Å². The van der Waals surface area contributed by atoms with E-state index in [1.807, 2.05) is 0 Å². The van der Waals surface area contributed by atoms with Gasteiger partial charge in [0.1, 0.15) is 23.5 Å². The van der Waals surface area contributed by atoms with E-state index in [4.69, 9.17) is 9.40 Å². The molecular formula is C31H36N3O+. The third kappa shape index (κ3) is 3.95. The van der Waals surface area contributed by atoms with E-state index in [1.54, 1.807) is 0 Å². The minimum absolute atomic E-state index is 0.0313. The average molecular weight is 467 g/mol. The number of rotatable bonds is 2. The number of hydrogen-bond acceptors (Lipinski definition) is 2. The molecular weight excluding hydrogens is 430 g/mol. The quantitative estimate of drug-likeness (QED) is 0.254. The largest absolute Gasteiger partial charge is 0.455 e. The second-order valence-electron chi connectivity index (χ2n) is 11.9. The van der Waals surface area contributed by atoms with Crippen molar-refractivity contribution in [1.29, 1.82) is 0 Å². The summed E-state index contributed by atoms with van der Waals surface area (Å²) in [6.45, 7) is 15.5. The van der Waals surface area contributed by atoms with Crippen LogP contribution in [0.5, 0.6) is 0 Å². The highest BCUT2D eigenvalue weighted by Crippen LogP contribution is 2.39. The van der Waals surface area contributed by atoms with E-state index in [-0.39, 0.29) is 10.8 Å². The highest BCUT2D eigenvalue weighted by molar-refractivity contribution is 6.10. The van der Waals surface area contributed by atoms with Gasteiger partial charge in [0.05, 0.1) is 14.1 Å². The van der Waals surface area contributed by atoms with E-state index in [1.165, 1.54) is 11.1 Å². The number of hydrogen-bond donors (Lipinski definition) is 0. The lowest BCUT2D eigenvalue weighted by molar-refractivity contribution is -0.659. The maximum absolute atomic E-state index is 6.61. The molecule has 5 aromatic rings. The number of benzene rings is 2. The molecule has 0 amide bonds. The van der Waals surface area contributed by atoms with Gasteiger partial charge < -0.3 is 4.42 Å². The normalized spacial score (nSPS) is 12.7. The molecule has 0 bridgehead atoms. The Labute approximate surface area is 208 Å². The fourth-order valence-corrected chi connectivity index (χ4v) is 4.80. The number of imidazole rings is 1. The van der Waals surface area contributed by atoms with Crippen LogP contribution in [0.2, 0.25) is 0 Å². The molecule has 0 aliphatic heterocycles. The molecule has 3 aromatic heterocycles. The molecule has 0 saturated carbocycles. The maximum Gasteiger partial charge on any atom is 0.292 e. The molecule has 0 aliphatic rings. The van der Waals surface area contributed by atoms with Crippen molar-refractivity contribution >= 4 is 21.9 Å². The summed E-state index contributed by atoms with van der Waals surface area (Å²) in [7, 11) is 4.16. The molecule has 0 fully saturated rings. The minimum atomic E-state index is -0.0313. The smallest absolute Gasteiger partial charge is 0.292 e. The maximum atomic E-state index is 6.61. The van der Waals surface area contributed by atoms with Gasteiger partial charge in [0.25, 0.3) is 5.82 Å². The lowest BCUT2D eigenvalue weighted by Crippen LogP contribution is -2.29. The molecule has 180 valence electrons. The van der Waals surface area contributed by atoms with Gasteiger partial charge in [-0.25, -0.2) is 9.13 Å². The molecule has 0 aliphatic carbocycles. The number of furan rings is 1. The summed E-state index contributed by atoms with van der Waals surface area (Å²) in [5.41, 5.74) is 8.69. The van der Waals surface area contributed by atoms with Crippen LogP contribution in [-0.2, 0) is 24.9 Å². The van der Waals surface area contributed by atoms with Crippen LogP contribution in [0.3, 0.4) is 0 Å². The van der Waals surface area contributed by atoms with Crippen molar-refractivity contribution in [3.63, 3.8) is 0 Å². The molecule has 0 atom stereocenters. The molecule has 4 nitrogen and oxygen atoms in total. The predicted molar refractivity (Wildman–Crippen MR) is 145 cm³/mol. The SMILES string of the molecule is Cc1ccc2c(oc3cc(-c4cc(C(C)(C)C)nc(C(C)(C)C)c4)ccc32)c1-c1n(C)cc[n+]1C. The summed E-state index contributed by atoms with van der Waals surface area (Å²) in [6.07, 6.45) is 4.16. The Morgan fingerprint density at radius 2 is 1.46 bits per heavy atom. The van der Waals surface area contributed by atoms with E-state index in [0.717, 1.165) is 50.3 Å². The fourth-order valence-electron chi connectivity index (χ4n) is 4.80. The summed E-state index contributed by atoms with van der Waals surface area (Å²) < 4.78 is 10.9. The molecule has 0 radical (unpaired) electrons. The van der Waals surface area contributed by atoms with E-state index >= 15 is 0 Å². The summed E-state index contributed by atoms with van der Waals surface area (Å²) in [5, 5.41) is 2.29. The van der Waals surface area contributed by atoms with Gasteiger partial charge in [-0.1, -0.05) is 59.7 Å². The lowest BCUT2D eigenvalue weighted by atomic mass is 9.85. The highest BCUT2D eigenvalue weighted by Gasteiger charge is 2.25. The standard InChI is InChI=1S/C31H36N3O/c1-19-10-12-23-22-13-11-20(21-17-25(30(2,3)4)32-26(18-21)31(5,6)7)16-24(22)35-28(23)27(19)29-33(8)14-15-34(29)9/h10-18H,1-9H3/q+1. The zero-order valence-corrected chi connectivity index (χ0v) is 22.4. The highest BCUT2D eigenvalue weighted by atomic mass is 16.3. The Hall–Kier alpha value is -3.40. The van der Waals surface area contributed by atoms with E-state index in [9.17, 15) is 0 Å². The fraction of sp³-hybridized carbons (Fsp3) is 0.355. The first-order valence-corrected chi connectivity index (χ1v) is 12.4. The first kappa shape index (κ1) is 23.3. The number of pyridine rings is 1. The van der Waals surface area contributed by atoms with E-state index in [0.29, 0.717) is 0 Å². The molecule has 4 heteroatoms. The van der Waals surface area contributed by atoms with Crippen molar-refractivity contribution in [3.8, 4) is 22.5 Å². The van der Waals surface area contributed by atoms with Gasteiger partial charge in [0.2, 0.25) is 0 Å². The number of fused-ring (bicyclic) bond motifs is 3. The molecule has 35 heavy (non-hydrogen) atoms. The monoisotopic (exact) mass is 466 g/mol. The van der Waals surface area contributed by atoms with Crippen LogP contribution in [0.4, 0.5) is 0 Å². The van der Waals surface area contributed by atoms with Gasteiger partial charge in [-0.05, 0) is 47.9 Å². The molecule has 0 spiro atoms. The topological polar surface area (TPSA) is 34.8 Å². The van der Waals surface area contributed by atoms with Gasteiger partial charge in [0.15, 0.2) is 5.58 Å². The van der Waals surface area contributed by atoms with Crippen molar-refractivity contribution in [3.05, 3.63) is 71.8 Å². The van der Waals surface area contributed by atoms with Crippen LogP contribution in [0.25, 0.3) is 44.5 Å². The molecule has 5 rings (SSSR count). The van der Waals surface area contributed by atoms with E-state index in [2.05, 4.69) is 127 Å². The molecule has 2 aromatic carbocycles. The second-order valence-corrected chi connectivity index (χ2v) is 11.9.